The Kier molecular flexibility index (Phi) is 7.18. The Morgan fingerprint density at radius 1 is 0.958 bits per heavy atom. The molecule has 0 radical (unpaired) electrons. The molecule has 1 aromatic rings. The van der Waals surface area contributed by atoms with E-state index in [4.69, 9.17) is 23.2 Å². The van der Waals surface area contributed by atoms with Crippen LogP contribution in [0.2, 0.25) is 10.0 Å². The maximum absolute atomic E-state index is 12.5. The fraction of sp³-hybridized carbons (Fsp3) is 0.333. The van der Waals surface area contributed by atoms with Crippen LogP contribution in [0.4, 0.5) is 0 Å². The molecular formula is C15H14Cl2O7. The fourth-order valence-electron chi connectivity index (χ4n) is 1.91. The molecule has 0 atom stereocenters. The first-order chi connectivity index (χ1) is 11.3. The van der Waals surface area contributed by atoms with Gasteiger partial charge in [0.05, 0.1) is 42.5 Å². The summed E-state index contributed by atoms with van der Waals surface area (Å²) in [6, 6.07) is 2.59. The molecule has 7 nitrogen and oxygen atoms in total. The summed E-state index contributed by atoms with van der Waals surface area (Å²) >= 11 is 12.0. The van der Waals surface area contributed by atoms with E-state index in [9.17, 15) is 19.2 Å². The first kappa shape index (κ1) is 19.9. The average Bonchev–Trinajstić information content (AvgIpc) is 2.57. The fourth-order valence-corrected chi connectivity index (χ4v) is 2.57. The second-order valence-corrected chi connectivity index (χ2v) is 5.29. The molecule has 0 saturated carbocycles. The van der Waals surface area contributed by atoms with Crippen LogP contribution in [-0.4, -0.2) is 45.0 Å². The van der Waals surface area contributed by atoms with E-state index in [1.54, 1.807) is 0 Å². The molecule has 9 heteroatoms. The third-order valence-corrected chi connectivity index (χ3v) is 3.84. The molecule has 24 heavy (non-hydrogen) atoms. The summed E-state index contributed by atoms with van der Waals surface area (Å²) in [5, 5.41) is -0.265. The number of methoxy groups -OCH3 is 3. The van der Waals surface area contributed by atoms with Gasteiger partial charge in [-0.25, -0.2) is 4.79 Å². The number of carbonyl (C=O) groups excluding carboxylic acids is 4. The maximum Gasteiger partial charge on any atom is 0.339 e. The number of ketones is 1. The number of carbonyl (C=O) groups is 4. The number of benzene rings is 1. The van der Waals surface area contributed by atoms with Gasteiger partial charge in [-0.2, -0.15) is 0 Å². The largest absolute Gasteiger partial charge is 0.468 e. The number of rotatable bonds is 6. The SMILES string of the molecule is COC(=O)c1ccc(Cl)c(C(=O)CC(C(=O)OC)C(=O)OC)c1Cl. The lowest BCUT2D eigenvalue weighted by Crippen LogP contribution is -2.29. The standard InChI is InChI=1S/C15H14Cl2O7/c1-22-13(19)7-4-5-9(16)11(12(7)17)10(18)6-8(14(20)23-2)15(21)24-3/h4-5,8H,6H2,1-3H3. The van der Waals surface area contributed by atoms with E-state index in [1.807, 2.05) is 0 Å². The summed E-state index contributed by atoms with van der Waals surface area (Å²) in [6.07, 6.45) is -0.580. The average molecular weight is 377 g/mol. The van der Waals surface area contributed by atoms with Gasteiger partial charge in [0.2, 0.25) is 0 Å². The molecular weight excluding hydrogens is 363 g/mol. The molecule has 0 bridgehead atoms. The van der Waals surface area contributed by atoms with Crippen molar-refractivity contribution < 1.29 is 33.4 Å². The summed E-state index contributed by atoms with van der Waals surface area (Å²) in [6.45, 7) is 0. The molecule has 0 amide bonds. The Balaban J connectivity index is 3.25. The zero-order valence-corrected chi connectivity index (χ0v) is 14.6. The first-order valence-electron chi connectivity index (χ1n) is 6.53. The Morgan fingerprint density at radius 2 is 1.50 bits per heavy atom. The van der Waals surface area contributed by atoms with Crippen LogP contribution in [0.1, 0.15) is 27.1 Å². The van der Waals surface area contributed by atoms with Gasteiger partial charge in [-0.1, -0.05) is 23.2 Å². The number of ether oxygens (including phenoxy) is 3. The number of esters is 3. The molecule has 0 unspecified atom stereocenters. The molecule has 1 rings (SSSR count). The number of Topliss-reactive ketones (excluding diaryl/α,β-unsaturated/α-hetero) is 1. The Hall–Kier alpha value is -2.12. The van der Waals surface area contributed by atoms with E-state index in [0.29, 0.717) is 0 Å². The quantitative estimate of drug-likeness (QED) is 0.325. The molecule has 0 N–H and O–H groups in total. The van der Waals surface area contributed by atoms with Crippen molar-refractivity contribution in [1.82, 2.24) is 0 Å². The van der Waals surface area contributed by atoms with Crippen molar-refractivity contribution in [2.75, 3.05) is 21.3 Å². The first-order valence-corrected chi connectivity index (χ1v) is 7.29. The molecule has 0 aliphatic rings. The lowest BCUT2D eigenvalue weighted by molar-refractivity contribution is -0.158. The molecule has 0 spiro atoms. The monoisotopic (exact) mass is 376 g/mol. The number of hydrogen-bond donors (Lipinski definition) is 0. The van der Waals surface area contributed by atoms with Crippen LogP contribution in [0, 0.1) is 5.92 Å². The van der Waals surface area contributed by atoms with Crippen LogP contribution in [0.5, 0.6) is 0 Å². The van der Waals surface area contributed by atoms with E-state index in [2.05, 4.69) is 14.2 Å². The smallest absolute Gasteiger partial charge is 0.339 e. The van der Waals surface area contributed by atoms with Crippen LogP contribution >= 0.6 is 23.2 Å². The van der Waals surface area contributed by atoms with Crippen LogP contribution in [0.15, 0.2) is 12.1 Å². The summed E-state index contributed by atoms with van der Waals surface area (Å²) in [4.78, 5) is 47.4. The van der Waals surface area contributed by atoms with E-state index in [-0.39, 0.29) is 21.2 Å². The molecule has 0 aromatic heterocycles. The predicted molar refractivity (Wildman–Crippen MR) is 84.3 cm³/mol. The van der Waals surface area contributed by atoms with Crippen molar-refractivity contribution in [3.8, 4) is 0 Å². The van der Waals surface area contributed by atoms with Gasteiger partial charge >= 0.3 is 17.9 Å². The highest BCUT2D eigenvalue weighted by Crippen LogP contribution is 2.31. The van der Waals surface area contributed by atoms with Gasteiger partial charge < -0.3 is 14.2 Å². The second kappa shape index (κ2) is 8.65. The van der Waals surface area contributed by atoms with Gasteiger partial charge in [-0.05, 0) is 12.1 Å². The minimum absolute atomic E-state index is 0.0360. The highest BCUT2D eigenvalue weighted by Gasteiger charge is 2.33. The maximum atomic E-state index is 12.5. The zero-order chi connectivity index (χ0) is 18.4. The highest BCUT2D eigenvalue weighted by molar-refractivity contribution is 6.41. The van der Waals surface area contributed by atoms with Gasteiger partial charge in [0.1, 0.15) is 0 Å². The van der Waals surface area contributed by atoms with Crippen LogP contribution < -0.4 is 0 Å². The van der Waals surface area contributed by atoms with Crippen LogP contribution in [-0.2, 0) is 23.8 Å². The summed E-state index contributed by atoms with van der Waals surface area (Å²) in [5.74, 6) is -4.83. The van der Waals surface area contributed by atoms with E-state index >= 15 is 0 Å². The normalized spacial score (nSPS) is 10.2. The molecule has 1 aromatic carbocycles. The minimum Gasteiger partial charge on any atom is -0.468 e. The third-order valence-electron chi connectivity index (χ3n) is 3.14. The van der Waals surface area contributed by atoms with E-state index in [0.717, 1.165) is 21.3 Å². The lowest BCUT2D eigenvalue weighted by Gasteiger charge is -2.14. The Labute approximate surface area is 147 Å². The number of hydrogen-bond acceptors (Lipinski definition) is 7. The highest BCUT2D eigenvalue weighted by atomic mass is 35.5. The predicted octanol–water partition coefficient (Wildman–Crippen LogP) is 2.32. The molecule has 130 valence electrons. The number of halogens is 2. The Bertz CT molecular complexity index is 669. The van der Waals surface area contributed by atoms with Crippen molar-refractivity contribution in [3.05, 3.63) is 33.3 Å². The minimum atomic E-state index is -1.47. The van der Waals surface area contributed by atoms with Crippen LogP contribution in [0.3, 0.4) is 0 Å². The lowest BCUT2D eigenvalue weighted by atomic mass is 9.97. The van der Waals surface area contributed by atoms with Crippen molar-refractivity contribution in [3.63, 3.8) is 0 Å². The van der Waals surface area contributed by atoms with E-state index in [1.165, 1.54) is 12.1 Å². The van der Waals surface area contributed by atoms with Gasteiger partial charge in [-0.3, -0.25) is 14.4 Å². The summed E-state index contributed by atoms with van der Waals surface area (Å²) in [7, 11) is 3.29. The van der Waals surface area contributed by atoms with Crippen molar-refractivity contribution in [2.45, 2.75) is 6.42 Å². The van der Waals surface area contributed by atoms with Crippen LogP contribution in [0.25, 0.3) is 0 Å². The molecule has 0 heterocycles. The molecule has 0 aliphatic carbocycles. The van der Waals surface area contributed by atoms with Gasteiger partial charge in [0.25, 0.3) is 0 Å². The summed E-state index contributed by atoms with van der Waals surface area (Å²) < 4.78 is 13.5. The third kappa shape index (κ3) is 4.24. The molecule has 0 fully saturated rings. The molecule has 0 aliphatic heterocycles. The van der Waals surface area contributed by atoms with Gasteiger partial charge in [0.15, 0.2) is 11.7 Å². The topological polar surface area (TPSA) is 96.0 Å². The zero-order valence-electron chi connectivity index (χ0n) is 13.1. The van der Waals surface area contributed by atoms with Crippen molar-refractivity contribution >= 4 is 46.9 Å². The second-order valence-electron chi connectivity index (χ2n) is 4.50. The van der Waals surface area contributed by atoms with Crippen molar-refractivity contribution in [2.24, 2.45) is 5.92 Å². The van der Waals surface area contributed by atoms with Gasteiger partial charge in [-0.15, -0.1) is 0 Å². The Morgan fingerprint density at radius 3 is 1.96 bits per heavy atom. The van der Waals surface area contributed by atoms with E-state index < -0.39 is 36.0 Å². The summed E-state index contributed by atoms with van der Waals surface area (Å²) in [5.41, 5.74) is -0.265. The van der Waals surface area contributed by atoms with Crippen molar-refractivity contribution in [1.29, 1.82) is 0 Å². The van der Waals surface area contributed by atoms with Gasteiger partial charge in [0, 0.05) is 6.42 Å². The molecule has 0 saturated heterocycles.